The Bertz CT molecular complexity index is 585. The van der Waals surface area contributed by atoms with Crippen LogP contribution in [0.15, 0.2) is 29.2 Å². The van der Waals surface area contributed by atoms with E-state index in [1.165, 1.54) is 0 Å². The van der Waals surface area contributed by atoms with Gasteiger partial charge in [-0.2, -0.15) is 0 Å². The van der Waals surface area contributed by atoms with E-state index in [2.05, 4.69) is 16.6 Å². The van der Waals surface area contributed by atoms with Crippen LogP contribution in [0.1, 0.15) is 38.7 Å². The van der Waals surface area contributed by atoms with Crippen LogP contribution in [-0.4, -0.2) is 21.0 Å². The molecule has 1 unspecified atom stereocenters. The zero-order chi connectivity index (χ0) is 15.0. The van der Waals surface area contributed by atoms with Crippen molar-refractivity contribution >= 4 is 10.0 Å². The van der Waals surface area contributed by atoms with E-state index in [0.29, 0.717) is 5.56 Å². The van der Waals surface area contributed by atoms with Crippen molar-refractivity contribution in [2.24, 2.45) is 5.73 Å². The highest BCUT2D eigenvalue weighted by Gasteiger charge is 2.20. The van der Waals surface area contributed by atoms with E-state index in [9.17, 15) is 8.42 Å². The Labute approximate surface area is 121 Å². The van der Waals surface area contributed by atoms with Crippen LogP contribution in [0.2, 0.25) is 0 Å². The molecule has 0 saturated carbocycles. The monoisotopic (exact) mass is 294 g/mol. The Morgan fingerprint density at radius 1 is 1.30 bits per heavy atom. The van der Waals surface area contributed by atoms with Crippen LogP contribution in [0.25, 0.3) is 0 Å². The minimum atomic E-state index is -3.55. The van der Waals surface area contributed by atoms with Gasteiger partial charge in [0.25, 0.3) is 0 Å². The summed E-state index contributed by atoms with van der Waals surface area (Å²) in [6.07, 6.45) is 2.53. The molecule has 1 rings (SSSR count). The maximum absolute atomic E-state index is 12.5. The second-order valence-corrected chi connectivity index (χ2v) is 6.20. The number of hydrogen-bond acceptors (Lipinski definition) is 3. The zero-order valence-corrected chi connectivity index (χ0v) is 12.8. The molecular weight excluding hydrogens is 272 g/mol. The molecule has 4 nitrogen and oxygen atoms in total. The highest BCUT2D eigenvalue weighted by molar-refractivity contribution is 7.89. The van der Waals surface area contributed by atoms with Crippen LogP contribution in [0, 0.1) is 11.8 Å². The molecule has 3 N–H and O–H groups in total. The van der Waals surface area contributed by atoms with Crippen LogP contribution in [0.5, 0.6) is 0 Å². The third-order valence-corrected chi connectivity index (χ3v) is 4.53. The average molecular weight is 294 g/mol. The molecule has 0 aliphatic rings. The lowest BCUT2D eigenvalue weighted by molar-refractivity contribution is 0.512. The number of rotatable bonds is 6. The summed E-state index contributed by atoms with van der Waals surface area (Å²) in [5.74, 6) is 5.50. The Balaban J connectivity index is 3.09. The second-order valence-electron chi connectivity index (χ2n) is 4.52. The Hall–Kier alpha value is -1.35. The third kappa shape index (κ3) is 4.64. The highest BCUT2D eigenvalue weighted by Crippen LogP contribution is 2.16. The Kier molecular flexibility index (Phi) is 6.73. The molecule has 0 radical (unpaired) electrons. The molecule has 0 heterocycles. The number of nitrogens with one attached hydrogen (secondary N) is 1. The molecular formula is C15H22N2O2S. The lowest BCUT2D eigenvalue weighted by atomic mass is 10.1. The second kappa shape index (κ2) is 8.05. The summed E-state index contributed by atoms with van der Waals surface area (Å²) in [6.45, 7) is 4.22. The summed E-state index contributed by atoms with van der Waals surface area (Å²) in [7, 11) is -3.55. The number of sulfonamides is 1. The highest BCUT2D eigenvalue weighted by atomic mass is 32.2. The van der Waals surface area contributed by atoms with Gasteiger partial charge < -0.3 is 5.73 Å². The Morgan fingerprint density at radius 3 is 2.60 bits per heavy atom. The van der Waals surface area contributed by atoms with Crippen molar-refractivity contribution in [2.45, 2.75) is 44.0 Å². The van der Waals surface area contributed by atoms with Crippen molar-refractivity contribution in [1.82, 2.24) is 4.72 Å². The molecule has 110 valence electrons. The summed E-state index contributed by atoms with van der Waals surface area (Å²) < 4.78 is 27.7. The summed E-state index contributed by atoms with van der Waals surface area (Å²) in [4.78, 5) is 0.218. The fourth-order valence-electron chi connectivity index (χ4n) is 1.93. The van der Waals surface area contributed by atoms with Gasteiger partial charge in [-0.3, -0.25) is 0 Å². The molecule has 0 fully saturated rings. The first-order valence-corrected chi connectivity index (χ1v) is 8.33. The smallest absolute Gasteiger partial charge is 0.242 e. The SMILES string of the molecule is CCCC(CC)NS(=O)(=O)c1ccccc1C#CCN. The quantitative estimate of drug-likeness (QED) is 0.787. The largest absolute Gasteiger partial charge is 0.320 e. The summed E-state index contributed by atoms with van der Waals surface area (Å²) in [5.41, 5.74) is 5.82. The van der Waals surface area contributed by atoms with E-state index in [1.807, 2.05) is 13.8 Å². The maximum Gasteiger partial charge on any atom is 0.242 e. The van der Waals surface area contributed by atoms with Crippen LogP contribution in [0.3, 0.4) is 0 Å². The summed E-state index contributed by atoms with van der Waals surface area (Å²) in [6, 6.07) is 6.69. The van der Waals surface area contributed by atoms with Crippen molar-refractivity contribution in [3.63, 3.8) is 0 Å². The Morgan fingerprint density at radius 2 is 2.00 bits per heavy atom. The predicted molar refractivity (Wildman–Crippen MR) is 81.7 cm³/mol. The number of benzene rings is 1. The lowest BCUT2D eigenvalue weighted by Gasteiger charge is -2.16. The molecule has 20 heavy (non-hydrogen) atoms. The molecule has 0 saturated heterocycles. The van der Waals surface area contributed by atoms with Gasteiger partial charge >= 0.3 is 0 Å². The van der Waals surface area contributed by atoms with Gasteiger partial charge in [-0.15, -0.1) is 0 Å². The van der Waals surface area contributed by atoms with Crippen LogP contribution in [0.4, 0.5) is 0 Å². The fraction of sp³-hybridized carbons (Fsp3) is 0.467. The molecule has 0 aliphatic heterocycles. The predicted octanol–water partition coefficient (Wildman–Crippen LogP) is 1.85. The van der Waals surface area contributed by atoms with Gasteiger partial charge in [0.15, 0.2) is 0 Å². The molecule has 0 spiro atoms. The standard InChI is InChI=1S/C15H22N2O2S/c1-3-8-14(4-2)17-20(18,19)15-11-6-5-9-13(15)10-7-12-16/h5-6,9,11,14,17H,3-4,8,12,16H2,1-2H3. The first-order valence-electron chi connectivity index (χ1n) is 6.85. The molecule has 1 aromatic rings. The van der Waals surface area contributed by atoms with Crippen molar-refractivity contribution < 1.29 is 8.42 Å². The lowest BCUT2D eigenvalue weighted by Crippen LogP contribution is -2.34. The van der Waals surface area contributed by atoms with Gasteiger partial charge in [0.1, 0.15) is 0 Å². The van der Waals surface area contributed by atoms with E-state index >= 15 is 0 Å². The van der Waals surface area contributed by atoms with E-state index in [1.54, 1.807) is 24.3 Å². The topological polar surface area (TPSA) is 72.2 Å². The van der Waals surface area contributed by atoms with Crippen molar-refractivity contribution in [1.29, 1.82) is 0 Å². The molecule has 0 aliphatic carbocycles. The van der Waals surface area contributed by atoms with E-state index in [-0.39, 0.29) is 17.5 Å². The minimum absolute atomic E-state index is 0.0412. The van der Waals surface area contributed by atoms with Crippen LogP contribution in [-0.2, 0) is 10.0 Å². The minimum Gasteiger partial charge on any atom is -0.320 e. The van der Waals surface area contributed by atoms with Gasteiger partial charge in [0.05, 0.1) is 11.4 Å². The van der Waals surface area contributed by atoms with Crippen molar-refractivity contribution in [3.8, 4) is 11.8 Å². The van der Waals surface area contributed by atoms with Crippen molar-refractivity contribution in [3.05, 3.63) is 29.8 Å². The van der Waals surface area contributed by atoms with Crippen LogP contribution < -0.4 is 10.5 Å². The molecule has 0 aromatic heterocycles. The fourth-order valence-corrected chi connectivity index (χ4v) is 3.44. The first kappa shape index (κ1) is 16.7. The average Bonchev–Trinajstić information content (AvgIpc) is 2.44. The number of hydrogen-bond donors (Lipinski definition) is 2. The van der Waals surface area contributed by atoms with Gasteiger partial charge in [0.2, 0.25) is 10.0 Å². The third-order valence-electron chi connectivity index (χ3n) is 2.95. The maximum atomic E-state index is 12.5. The molecule has 1 atom stereocenters. The van der Waals surface area contributed by atoms with E-state index in [4.69, 9.17) is 5.73 Å². The normalized spacial score (nSPS) is 12.6. The van der Waals surface area contributed by atoms with Gasteiger partial charge in [-0.25, -0.2) is 13.1 Å². The molecule has 5 heteroatoms. The molecule has 0 amide bonds. The van der Waals surface area contributed by atoms with Gasteiger partial charge in [-0.05, 0) is 25.0 Å². The first-order chi connectivity index (χ1) is 9.55. The van der Waals surface area contributed by atoms with E-state index in [0.717, 1.165) is 19.3 Å². The van der Waals surface area contributed by atoms with Gasteiger partial charge in [-0.1, -0.05) is 44.2 Å². The van der Waals surface area contributed by atoms with E-state index < -0.39 is 10.0 Å². The number of nitrogens with two attached hydrogens (primary N) is 1. The summed E-state index contributed by atoms with van der Waals surface area (Å²) in [5, 5.41) is 0. The summed E-state index contributed by atoms with van der Waals surface area (Å²) >= 11 is 0. The molecule has 1 aromatic carbocycles. The molecule has 0 bridgehead atoms. The van der Waals surface area contributed by atoms with Crippen molar-refractivity contribution in [2.75, 3.05) is 6.54 Å². The van der Waals surface area contributed by atoms with Gasteiger partial charge in [0, 0.05) is 11.6 Å². The zero-order valence-electron chi connectivity index (χ0n) is 12.0. The van der Waals surface area contributed by atoms with Crippen LogP contribution >= 0.6 is 0 Å².